The highest BCUT2D eigenvalue weighted by Crippen LogP contribution is 2.21. The number of nitrogens with zero attached hydrogens (tertiary/aromatic N) is 3. The van der Waals surface area contributed by atoms with Gasteiger partial charge in [0.25, 0.3) is 0 Å². The predicted octanol–water partition coefficient (Wildman–Crippen LogP) is 1.51. The molecule has 0 saturated carbocycles. The highest BCUT2D eigenvalue weighted by Gasteiger charge is 2.18. The molecule has 6 heteroatoms. The third-order valence-electron chi connectivity index (χ3n) is 3.55. The predicted molar refractivity (Wildman–Crippen MR) is 79.9 cm³/mol. The van der Waals surface area contributed by atoms with Crippen molar-refractivity contribution in [1.29, 1.82) is 0 Å². The molecule has 1 aromatic heterocycles. The summed E-state index contributed by atoms with van der Waals surface area (Å²) < 4.78 is 0. The Morgan fingerprint density at radius 2 is 2.00 bits per heavy atom. The molecular weight excluding hydrogens is 254 g/mol. The van der Waals surface area contributed by atoms with Gasteiger partial charge in [0, 0.05) is 25.7 Å². The van der Waals surface area contributed by atoms with E-state index in [1.165, 1.54) is 6.33 Å². The Bertz CT molecular complexity index is 457. The van der Waals surface area contributed by atoms with E-state index in [-0.39, 0.29) is 5.91 Å². The maximum absolute atomic E-state index is 12.0. The van der Waals surface area contributed by atoms with Crippen molar-refractivity contribution in [3.8, 4) is 0 Å². The molecule has 1 aliphatic heterocycles. The van der Waals surface area contributed by atoms with E-state index >= 15 is 0 Å². The summed E-state index contributed by atoms with van der Waals surface area (Å²) in [4.78, 5) is 22.5. The molecule has 1 saturated heterocycles. The Labute approximate surface area is 120 Å². The van der Waals surface area contributed by atoms with Crippen LogP contribution in [-0.4, -0.2) is 47.5 Å². The van der Waals surface area contributed by atoms with Gasteiger partial charge in [0.2, 0.25) is 5.91 Å². The van der Waals surface area contributed by atoms with Gasteiger partial charge in [-0.05, 0) is 19.3 Å². The van der Waals surface area contributed by atoms with Crippen molar-refractivity contribution >= 4 is 17.5 Å². The number of hydrogen-bond acceptors (Lipinski definition) is 5. The molecule has 2 N–H and O–H groups in total. The van der Waals surface area contributed by atoms with Crippen LogP contribution in [0, 0.1) is 0 Å². The molecule has 0 unspecified atom stereocenters. The number of rotatable bonds is 6. The molecule has 0 aliphatic carbocycles. The fraction of sp³-hybridized carbons (Fsp3) is 0.643. The molecule has 20 heavy (non-hydrogen) atoms. The van der Waals surface area contributed by atoms with Gasteiger partial charge < -0.3 is 15.5 Å². The summed E-state index contributed by atoms with van der Waals surface area (Å²) in [5.41, 5.74) is 1.05. The van der Waals surface area contributed by atoms with Crippen LogP contribution in [0.4, 0.5) is 11.6 Å². The summed E-state index contributed by atoms with van der Waals surface area (Å²) in [6, 6.07) is 0. The van der Waals surface area contributed by atoms with Crippen molar-refractivity contribution in [3.05, 3.63) is 11.9 Å². The molecule has 2 heterocycles. The maximum atomic E-state index is 12.0. The fourth-order valence-electron chi connectivity index (χ4n) is 2.50. The van der Waals surface area contributed by atoms with Crippen LogP contribution >= 0.6 is 0 Å². The van der Waals surface area contributed by atoms with E-state index in [2.05, 4.69) is 27.5 Å². The van der Waals surface area contributed by atoms with Gasteiger partial charge in [0.15, 0.2) is 0 Å². The van der Waals surface area contributed by atoms with Gasteiger partial charge in [-0.1, -0.05) is 13.3 Å². The van der Waals surface area contributed by atoms with E-state index in [1.54, 1.807) is 0 Å². The minimum Gasteiger partial charge on any atom is -0.373 e. The Kier molecular flexibility index (Phi) is 5.15. The fourth-order valence-corrected chi connectivity index (χ4v) is 2.50. The second-order valence-electron chi connectivity index (χ2n) is 4.99. The van der Waals surface area contributed by atoms with Crippen molar-refractivity contribution in [3.63, 3.8) is 0 Å². The number of hydrogen-bond donors (Lipinski definition) is 2. The van der Waals surface area contributed by atoms with Crippen molar-refractivity contribution in [2.45, 2.75) is 32.6 Å². The van der Waals surface area contributed by atoms with E-state index in [4.69, 9.17) is 0 Å². The van der Waals surface area contributed by atoms with Crippen LogP contribution in [0.2, 0.25) is 0 Å². The van der Waals surface area contributed by atoms with Gasteiger partial charge >= 0.3 is 0 Å². The van der Waals surface area contributed by atoms with E-state index in [9.17, 15) is 4.79 Å². The number of amides is 1. The van der Waals surface area contributed by atoms with Crippen molar-refractivity contribution in [1.82, 2.24) is 14.9 Å². The van der Waals surface area contributed by atoms with Gasteiger partial charge in [0.05, 0.1) is 6.54 Å². The summed E-state index contributed by atoms with van der Waals surface area (Å²) in [5.74, 6) is 1.74. The Balaban J connectivity index is 2.02. The summed E-state index contributed by atoms with van der Waals surface area (Å²) in [6.07, 6.45) is 5.65. The Morgan fingerprint density at radius 1 is 1.30 bits per heavy atom. The molecule has 6 nitrogen and oxygen atoms in total. The van der Waals surface area contributed by atoms with E-state index < -0.39 is 0 Å². The zero-order chi connectivity index (χ0) is 14.4. The molecular formula is C14H23N5O. The second kappa shape index (κ2) is 7.07. The minimum atomic E-state index is 0.148. The standard InChI is InChI=1S/C14H23N5O/c1-3-6-11-13(15-2)17-10-18-14(11)16-9-12(20)19-7-4-5-8-19/h10H,3-9H2,1-2H3,(H2,15,16,17,18). The molecule has 0 spiro atoms. The lowest BCUT2D eigenvalue weighted by atomic mass is 10.1. The molecule has 1 aliphatic rings. The van der Waals surface area contributed by atoms with Gasteiger partial charge in [0.1, 0.15) is 18.0 Å². The molecule has 1 aromatic rings. The third kappa shape index (κ3) is 3.37. The van der Waals surface area contributed by atoms with E-state index in [0.29, 0.717) is 6.54 Å². The number of likely N-dealkylation sites (tertiary alicyclic amines) is 1. The average Bonchev–Trinajstić information content (AvgIpc) is 3.00. The van der Waals surface area contributed by atoms with Crippen LogP contribution in [0.15, 0.2) is 6.33 Å². The van der Waals surface area contributed by atoms with Crippen LogP contribution in [0.1, 0.15) is 31.7 Å². The van der Waals surface area contributed by atoms with Crippen LogP contribution < -0.4 is 10.6 Å². The molecule has 0 radical (unpaired) electrons. The first-order chi connectivity index (χ1) is 9.76. The Hall–Kier alpha value is -1.85. The third-order valence-corrected chi connectivity index (χ3v) is 3.55. The summed E-state index contributed by atoms with van der Waals surface area (Å²) in [7, 11) is 1.85. The molecule has 2 rings (SSSR count). The molecule has 0 atom stereocenters. The lowest BCUT2D eigenvalue weighted by Crippen LogP contribution is -2.33. The van der Waals surface area contributed by atoms with Crippen molar-refractivity contribution in [2.75, 3.05) is 37.3 Å². The zero-order valence-corrected chi connectivity index (χ0v) is 12.3. The van der Waals surface area contributed by atoms with Crippen LogP contribution in [0.25, 0.3) is 0 Å². The lowest BCUT2D eigenvalue weighted by Gasteiger charge is -2.17. The first kappa shape index (κ1) is 14.6. The maximum Gasteiger partial charge on any atom is 0.241 e. The van der Waals surface area contributed by atoms with Crippen molar-refractivity contribution < 1.29 is 4.79 Å². The largest absolute Gasteiger partial charge is 0.373 e. The number of carbonyl (C=O) groups excluding carboxylic acids is 1. The normalized spacial score (nSPS) is 14.4. The monoisotopic (exact) mass is 277 g/mol. The summed E-state index contributed by atoms with van der Waals surface area (Å²) in [5, 5.41) is 6.24. The smallest absolute Gasteiger partial charge is 0.241 e. The van der Waals surface area contributed by atoms with Crippen LogP contribution in [0.3, 0.4) is 0 Å². The molecule has 110 valence electrons. The SMILES string of the molecule is CCCc1c(NC)ncnc1NCC(=O)N1CCCC1. The summed E-state index contributed by atoms with van der Waals surface area (Å²) in [6.45, 7) is 4.18. The quantitative estimate of drug-likeness (QED) is 0.824. The highest BCUT2D eigenvalue weighted by molar-refractivity contribution is 5.81. The Morgan fingerprint density at radius 3 is 2.65 bits per heavy atom. The van der Waals surface area contributed by atoms with Gasteiger partial charge in [-0.3, -0.25) is 4.79 Å². The molecule has 1 amide bonds. The minimum absolute atomic E-state index is 0.148. The lowest BCUT2D eigenvalue weighted by molar-refractivity contribution is -0.128. The summed E-state index contributed by atoms with van der Waals surface area (Å²) >= 11 is 0. The second-order valence-corrected chi connectivity index (χ2v) is 4.99. The molecule has 0 aromatic carbocycles. The topological polar surface area (TPSA) is 70.1 Å². The average molecular weight is 277 g/mol. The van der Waals surface area contributed by atoms with E-state index in [1.807, 2.05) is 11.9 Å². The first-order valence-electron chi connectivity index (χ1n) is 7.29. The van der Waals surface area contributed by atoms with Crippen LogP contribution in [0.5, 0.6) is 0 Å². The number of anilines is 2. The number of aromatic nitrogens is 2. The van der Waals surface area contributed by atoms with Gasteiger partial charge in [-0.25, -0.2) is 9.97 Å². The van der Waals surface area contributed by atoms with Crippen LogP contribution in [-0.2, 0) is 11.2 Å². The zero-order valence-electron chi connectivity index (χ0n) is 12.3. The van der Waals surface area contributed by atoms with Gasteiger partial charge in [-0.15, -0.1) is 0 Å². The van der Waals surface area contributed by atoms with E-state index in [0.717, 1.165) is 56.0 Å². The number of carbonyl (C=O) groups is 1. The highest BCUT2D eigenvalue weighted by atomic mass is 16.2. The number of nitrogens with one attached hydrogen (secondary N) is 2. The van der Waals surface area contributed by atoms with Gasteiger partial charge in [-0.2, -0.15) is 0 Å². The first-order valence-corrected chi connectivity index (χ1v) is 7.29. The molecule has 1 fully saturated rings. The molecule has 0 bridgehead atoms. The van der Waals surface area contributed by atoms with Crippen molar-refractivity contribution in [2.24, 2.45) is 0 Å².